The van der Waals surface area contributed by atoms with Crippen molar-refractivity contribution in [1.82, 2.24) is 0 Å². The van der Waals surface area contributed by atoms with Crippen molar-refractivity contribution in [3.05, 3.63) is 47.2 Å². The van der Waals surface area contributed by atoms with E-state index in [4.69, 9.17) is 4.42 Å². The summed E-state index contributed by atoms with van der Waals surface area (Å²) in [6.07, 6.45) is 2.78. The molecule has 0 saturated carbocycles. The van der Waals surface area contributed by atoms with E-state index in [9.17, 15) is 4.79 Å². The number of furan rings is 1. The predicted octanol–water partition coefficient (Wildman–Crippen LogP) is 3.88. The molecular weight excluding hydrogens is 212 g/mol. The van der Waals surface area contributed by atoms with Gasteiger partial charge in [0, 0.05) is 5.56 Å². The van der Waals surface area contributed by atoms with Crippen LogP contribution in [-0.2, 0) is 12.8 Å². The van der Waals surface area contributed by atoms with Gasteiger partial charge in [0.05, 0.1) is 0 Å². The average molecular weight is 228 g/mol. The van der Waals surface area contributed by atoms with Gasteiger partial charge in [0.2, 0.25) is 0 Å². The molecule has 0 atom stereocenters. The summed E-state index contributed by atoms with van der Waals surface area (Å²) in [6, 6.07) is 9.86. The zero-order valence-corrected chi connectivity index (χ0v) is 10.2. The van der Waals surface area contributed by atoms with Crippen LogP contribution in [0.4, 0.5) is 0 Å². The van der Waals surface area contributed by atoms with E-state index < -0.39 is 0 Å². The van der Waals surface area contributed by atoms with E-state index in [1.807, 2.05) is 12.1 Å². The van der Waals surface area contributed by atoms with Crippen LogP contribution in [0.25, 0.3) is 11.3 Å². The SMILES string of the molecule is CCc1ccc(-c2ccc(C=O)o2)cc1CC. The highest BCUT2D eigenvalue weighted by molar-refractivity contribution is 5.73. The summed E-state index contributed by atoms with van der Waals surface area (Å²) in [4.78, 5) is 10.6. The van der Waals surface area contributed by atoms with E-state index >= 15 is 0 Å². The first-order valence-electron chi connectivity index (χ1n) is 5.95. The summed E-state index contributed by atoms with van der Waals surface area (Å²) < 4.78 is 5.42. The topological polar surface area (TPSA) is 30.2 Å². The van der Waals surface area contributed by atoms with Crippen LogP contribution in [-0.4, -0.2) is 6.29 Å². The molecule has 0 aliphatic carbocycles. The molecule has 88 valence electrons. The number of rotatable bonds is 4. The fourth-order valence-electron chi connectivity index (χ4n) is 2.02. The highest BCUT2D eigenvalue weighted by atomic mass is 16.3. The van der Waals surface area contributed by atoms with E-state index in [1.165, 1.54) is 11.1 Å². The molecule has 1 aromatic heterocycles. The molecule has 0 fully saturated rings. The van der Waals surface area contributed by atoms with Gasteiger partial charge in [0.25, 0.3) is 0 Å². The van der Waals surface area contributed by atoms with Gasteiger partial charge in [-0.05, 0) is 42.2 Å². The first-order chi connectivity index (χ1) is 8.28. The maximum Gasteiger partial charge on any atom is 0.185 e. The third-order valence-electron chi connectivity index (χ3n) is 3.00. The van der Waals surface area contributed by atoms with E-state index in [0.29, 0.717) is 5.76 Å². The Morgan fingerprint density at radius 3 is 2.41 bits per heavy atom. The number of aldehydes is 1. The second-order valence-electron chi connectivity index (χ2n) is 4.01. The van der Waals surface area contributed by atoms with Crippen LogP contribution in [0.1, 0.15) is 35.5 Å². The molecule has 0 saturated heterocycles. The largest absolute Gasteiger partial charge is 0.453 e. The number of carbonyl (C=O) groups excluding carboxylic acids is 1. The fourth-order valence-corrected chi connectivity index (χ4v) is 2.02. The van der Waals surface area contributed by atoms with Crippen molar-refractivity contribution in [3.63, 3.8) is 0 Å². The number of aryl methyl sites for hydroxylation is 2. The van der Waals surface area contributed by atoms with Crippen molar-refractivity contribution in [2.45, 2.75) is 26.7 Å². The molecule has 17 heavy (non-hydrogen) atoms. The van der Waals surface area contributed by atoms with Crippen LogP contribution in [0.5, 0.6) is 0 Å². The van der Waals surface area contributed by atoms with E-state index in [-0.39, 0.29) is 0 Å². The molecule has 0 unspecified atom stereocenters. The van der Waals surface area contributed by atoms with Gasteiger partial charge < -0.3 is 4.42 Å². The van der Waals surface area contributed by atoms with Gasteiger partial charge in [-0.3, -0.25) is 4.79 Å². The quantitative estimate of drug-likeness (QED) is 0.743. The lowest BCUT2D eigenvalue weighted by Gasteiger charge is -2.07. The third-order valence-corrected chi connectivity index (χ3v) is 3.00. The maximum atomic E-state index is 10.6. The van der Waals surface area contributed by atoms with Crippen LogP contribution in [0, 0.1) is 0 Å². The Hall–Kier alpha value is -1.83. The normalized spacial score (nSPS) is 10.5. The zero-order chi connectivity index (χ0) is 12.3. The van der Waals surface area contributed by atoms with Crippen LogP contribution in [0.2, 0.25) is 0 Å². The summed E-state index contributed by atoms with van der Waals surface area (Å²) in [5.74, 6) is 1.13. The number of carbonyl (C=O) groups is 1. The smallest absolute Gasteiger partial charge is 0.185 e. The Balaban J connectivity index is 2.42. The summed E-state index contributed by atoms with van der Waals surface area (Å²) >= 11 is 0. The second kappa shape index (κ2) is 5.00. The van der Waals surface area contributed by atoms with Gasteiger partial charge in [-0.25, -0.2) is 0 Å². The van der Waals surface area contributed by atoms with Crippen molar-refractivity contribution in [2.24, 2.45) is 0 Å². The van der Waals surface area contributed by atoms with Crippen LogP contribution in [0.3, 0.4) is 0 Å². The predicted molar refractivity (Wildman–Crippen MR) is 68.3 cm³/mol. The molecule has 0 N–H and O–H groups in total. The highest BCUT2D eigenvalue weighted by Crippen LogP contribution is 2.25. The zero-order valence-electron chi connectivity index (χ0n) is 10.2. The van der Waals surface area contributed by atoms with Crippen molar-refractivity contribution in [3.8, 4) is 11.3 Å². The standard InChI is InChI=1S/C15H16O2/c1-3-11-5-6-13(9-12(11)4-2)15-8-7-14(10-16)17-15/h5-10H,3-4H2,1-2H3. The Kier molecular flexibility index (Phi) is 3.43. The van der Waals surface area contributed by atoms with E-state index in [2.05, 4.69) is 26.0 Å². The van der Waals surface area contributed by atoms with Crippen molar-refractivity contribution in [2.75, 3.05) is 0 Å². The Morgan fingerprint density at radius 2 is 1.82 bits per heavy atom. The second-order valence-corrected chi connectivity index (χ2v) is 4.01. The first-order valence-corrected chi connectivity index (χ1v) is 5.95. The molecule has 0 aliphatic rings. The van der Waals surface area contributed by atoms with Crippen LogP contribution in [0.15, 0.2) is 34.7 Å². The molecule has 0 spiro atoms. The lowest BCUT2D eigenvalue weighted by Crippen LogP contribution is -1.91. The molecule has 2 heteroatoms. The molecule has 0 aliphatic heterocycles. The molecule has 0 radical (unpaired) electrons. The first kappa shape index (κ1) is 11.6. The number of hydrogen-bond donors (Lipinski definition) is 0. The van der Waals surface area contributed by atoms with Crippen molar-refractivity contribution < 1.29 is 9.21 Å². The lowest BCUT2D eigenvalue weighted by atomic mass is 9.99. The van der Waals surface area contributed by atoms with Gasteiger partial charge >= 0.3 is 0 Å². The summed E-state index contributed by atoms with van der Waals surface area (Å²) in [5, 5.41) is 0. The minimum absolute atomic E-state index is 0.373. The summed E-state index contributed by atoms with van der Waals surface area (Å²) in [5.41, 5.74) is 3.75. The lowest BCUT2D eigenvalue weighted by molar-refractivity contribution is 0.110. The van der Waals surface area contributed by atoms with Crippen LogP contribution >= 0.6 is 0 Å². The van der Waals surface area contributed by atoms with Crippen LogP contribution < -0.4 is 0 Å². The van der Waals surface area contributed by atoms with Crippen molar-refractivity contribution in [1.29, 1.82) is 0 Å². The van der Waals surface area contributed by atoms with Gasteiger partial charge in [-0.15, -0.1) is 0 Å². The maximum absolute atomic E-state index is 10.6. The minimum Gasteiger partial charge on any atom is -0.453 e. The van der Waals surface area contributed by atoms with Crippen molar-refractivity contribution >= 4 is 6.29 Å². The Bertz CT molecular complexity index is 523. The average Bonchev–Trinajstić information content (AvgIpc) is 2.86. The summed E-state index contributed by atoms with van der Waals surface area (Å²) in [6.45, 7) is 4.31. The fraction of sp³-hybridized carbons (Fsp3) is 0.267. The Labute approximate surface area is 101 Å². The molecule has 2 nitrogen and oxygen atoms in total. The van der Waals surface area contributed by atoms with E-state index in [1.54, 1.807) is 6.07 Å². The van der Waals surface area contributed by atoms with Gasteiger partial charge in [-0.2, -0.15) is 0 Å². The summed E-state index contributed by atoms with van der Waals surface area (Å²) in [7, 11) is 0. The molecule has 2 aromatic rings. The van der Waals surface area contributed by atoms with E-state index in [0.717, 1.165) is 30.5 Å². The molecule has 1 aromatic carbocycles. The molecule has 2 rings (SSSR count). The number of hydrogen-bond acceptors (Lipinski definition) is 2. The molecule has 0 amide bonds. The van der Waals surface area contributed by atoms with Gasteiger partial charge in [0.15, 0.2) is 12.0 Å². The molecule has 0 bridgehead atoms. The minimum atomic E-state index is 0.373. The van der Waals surface area contributed by atoms with Gasteiger partial charge in [0.1, 0.15) is 5.76 Å². The highest BCUT2D eigenvalue weighted by Gasteiger charge is 2.06. The number of benzene rings is 1. The molecular formula is C15H16O2. The monoisotopic (exact) mass is 228 g/mol. The third kappa shape index (κ3) is 2.31. The van der Waals surface area contributed by atoms with Gasteiger partial charge in [-0.1, -0.05) is 26.0 Å². The Morgan fingerprint density at radius 1 is 1.06 bits per heavy atom. The molecule has 1 heterocycles.